The molecule has 2 N–H and O–H groups in total. The Balaban J connectivity index is 1.54. The quantitative estimate of drug-likeness (QED) is 0.874. The standard InChI is InChI=1S/C18H25N5O2/c1-12(13(2)25-15-8-5-4-6-9-15)19-18(24)21-16-10-7-11-23-17(16)20-14(3)22-23/h4-6,8-9,12-13,16H,7,10-11H2,1-3H3,(H2,19,21,24)/t12-,13+,16+/m1/s1. The van der Waals surface area contributed by atoms with Crippen molar-refractivity contribution in [2.75, 3.05) is 0 Å². The lowest BCUT2D eigenvalue weighted by atomic mass is 10.1. The molecule has 1 aromatic heterocycles. The third-order valence-corrected chi connectivity index (χ3v) is 4.41. The molecule has 0 bridgehead atoms. The predicted octanol–water partition coefficient (Wildman–Crippen LogP) is 2.58. The molecule has 2 heterocycles. The molecular formula is C18H25N5O2. The number of ether oxygens (including phenoxy) is 1. The van der Waals surface area contributed by atoms with E-state index in [1.807, 2.05) is 55.8 Å². The van der Waals surface area contributed by atoms with E-state index in [4.69, 9.17) is 4.74 Å². The number of amides is 2. The van der Waals surface area contributed by atoms with Gasteiger partial charge in [-0.1, -0.05) is 18.2 Å². The van der Waals surface area contributed by atoms with Crippen LogP contribution in [-0.2, 0) is 6.54 Å². The third-order valence-electron chi connectivity index (χ3n) is 4.41. The van der Waals surface area contributed by atoms with Crippen molar-refractivity contribution in [3.8, 4) is 5.75 Å². The van der Waals surface area contributed by atoms with E-state index < -0.39 is 0 Å². The SMILES string of the molecule is Cc1nc2n(n1)CCC[C@@H]2NC(=O)N[C@H](C)[C@H](C)Oc1ccccc1. The second-order valence-corrected chi connectivity index (χ2v) is 6.48. The number of hydrogen-bond donors (Lipinski definition) is 2. The van der Waals surface area contributed by atoms with Crippen LogP contribution in [0.25, 0.3) is 0 Å². The molecule has 1 aliphatic heterocycles. The first-order chi connectivity index (χ1) is 12.0. The van der Waals surface area contributed by atoms with Crippen molar-refractivity contribution in [3.63, 3.8) is 0 Å². The van der Waals surface area contributed by atoms with E-state index in [1.54, 1.807) is 0 Å². The first kappa shape index (κ1) is 17.3. The van der Waals surface area contributed by atoms with Gasteiger partial charge >= 0.3 is 6.03 Å². The van der Waals surface area contributed by atoms with Crippen molar-refractivity contribution >= 4 is 6.03 Å². The third kappa shape index (κ3) is 4.29. The first-order valence-corrected chi connectivity index (χ1v) is 8.73. The monoisotopic (exact) mass is 343 g/mol. The number of aryl methyl sites for hydroxylation is 2. The number of benzene rings is 1. The van der Waals surface area contributed by atoms with Crippen molar-refractivity contribution in [3.05, 3.63) is 42.0 Å². The number of urea groups is 1. The number of carbonyl (C=O) groups excluding carboxylic acids is 1. The van der Waals surface area contributed by atoms with Crippen molar-refractivity contribution in [2.24, 2.45) is 0 Å². The summed E-state index contributed by atoms with van der Waals surface area (Å²) in [4.78, 5) is 16.8. The molecule has 0 spiro atoms. The van der Waals surface area contributed by atoms with Crippen LogP contribution in [0.5, 0.6) is 5.75 Å². The summed E-state index contributed by atoms with van der Waals surface area (Å²) in [6, 6.07) is 9.14. The van der Waals surface area contributed by atoms with Crippen LogP contribution in [0.2, 0.25) is 0 Å². The Kier molecular flexibility index (Phi) is 5.21. The highest BCUT2D eigenvalue weighted by Crippen LogP contribution is 2.22. The highest BCUT2D eigenvalue weighted by molar-refractivity contribution is 5.74. The Labute approximate surface area is 147 Å². The van der Waals surface area contributed by atoms with Crippen molar-refractivity contribution in [1.82, 2.24) is 25.4 Å². The van der Waals surface area contributed by atoms with Gasteiger partial charge in [-0.05, 0) is 45.7 Å². The number of nitrogens with zero attached hydrogens (tertiary/aromatic N) is 3. The maximum Gasteiger partial charge on any atom is 0.315 e. The van der Waals surface area contributed by atoms with E-state index in [0.29, 0.717) is 0 Å². The van der Waals surface area contributed by atoms with Gasteiger partial charge < -0.3 is 15.4 Å². The van der Waals surface area contributed by atoms with E-state index in [2.05, 4.69) is 20.7 Å². The number of aromatic nitrogens is 3. The zero-order valence-electron chi connectivity index (χ0n) is 14.9. The molecule has 7 nitrogen and oxygen atoms in total. The molecule has 0 saturated heterocycles. The molecule has 0 aliphatic carbocycles. The van der Waals surface area contributed by atoms with E-state index in [1.165, 1.54) is 0 Å². The summed E-state index contributed by atoms with van der Waals surface area (Å²) >= 11 is 0. The van der Waals surface area contributed by atoms with Gasteiger partial charge in [0.1, 0.15) is 23.5 Å². The van der Waals surface area contributed by atoms with Crippen LogP contribution in [0.15, 0.2) is 30.3 Å². The summed E-state index contributed by atoms with van der Waals surface area (Å²) in [5.41, 5.74) is 0. The fraction of sp³-hybridized carbons (Fsp3) is 0.500. The molecule has 0 radical (unpaired) electrons. The molecule has 134 valence electrons. The Morgan fingerprint density at radius 2 is 2.08 bits per heavy atom. The smallest absolute Gasteiger partial charge is 0.315 e. The molecule has 1 aromatic carbocycles. The lowest BCUT2D eigenvalue weighted by Gasteiger charge is -2.26. The largest absolute Gasteiger partial charge is 0.489 e. The van der Waals surface area contributed by atoms with E-state index in [9.17, 15) is 4.79 Å². The lowest BCUT2D eigenvalue weighted by Crippen LogP contribution is -2.48. The fourth-order valence-corrected chi connectivity index (χ4v) is 2.94. The van der Waals surface area contributed by atoms with Gasteiger partial charge in [0.2, 0.25) is 0 Å². The van der Waals surface area contributed by atoms with Gasteiger partial charge in [-0.2, -0.15) is 5.10 Å². The number of carbonyl (C=O) groups is 1. The molecule has 25 heavy (non-hydrogen) atoms. The van der Waals surface area contributed by atoms with Gasteiger partial charge in [0, 0.05) is 6.54 Å². The maximum atomic E-state index is 12.4. The summed E-state index contributed by atoms with van der Waals surface area (Å²) in [6.45, 7) is 6.60. The second kappa shape index (κ2) is 7.55. The Morgan fingerprint density at radius 3 is 2.84 bits per heavy atom. The number of nitrogens with one attached hydrogen (secondary N) is 2. The summed E-state index contributed by atoms with van der Waals surface area (Å²) < 4.78 is 7.74. The molecule has 2 amide bonds. The molecule has 2 aromatic rings. The molecule has 3 atom stereocenters. The topological polar surface area (TPSA) is 81.1 Å². The summed E-state index contributed by atoms with van der Waals surface area (Å²) in [5.74, 6) is 2.36. The molecule has 0 saturated carbocycles. The van der Waals surface area contributed by atoms with Gasteiger partial charge in [-0.3, -0.25) is 0 Å². The summed E-state index contributed by atoms with van der Waals surface area (Å²) in [5, 5.41) is 10.3. The first-order valence-electron chi connectivity index (χ1n) is 8.73. The Morgan fingerprint density at radius 1 is 1.32 bits per heavy atom. The van der Waals surface area contributed by atoms with Gasteiger partial charge in [-0.25, -0.2) is 14.5 Å². The van der Waals surface area contributed by atoms with Gasteiger partial charge in [0.15, 0.2) is 0 Å². The van der Waals surface area contributed by atoms with Crippen LogP contribution < -0.4 is 15.4 Å². The van der Waals surface area contributed by atoms with Crippen LogP contribution in [0.3, 0.4) is 0 Å². The number of fused-ring (bicyclic) bond motifs is 1. The number of para-hydroxylation sites is 1. The maximum absolute atomic E-state index is 12.4. The molecule has 1 aliphatic rings. The number of hydrogen-bond acceptors (Lipinski definition) is 4. The van der Waals surface area contributed by atoms with E-state index >= 15 is 0 Å². The minimum Gasteiger partial charge on any atom is -0.489 e. The van der Waals surface area contributed by atoms with Gasteiger partial charge in [-0.15, -0.1) is 0 Å². The second-order valence-electron chi connectivity index (χ2n) is 6.48. The van der Waals surface area contributed by atoms with Crippen LogP contribution in [0, 0.1) is 6.92 Å². The minimum atomic E-state index is -0.213. The highest BCUT2D eigenvalue weighted by Gasteiger charge is 2.26. The average Bonchev–Trinajstić information content (AvgIpc) is 2.97. The average molecular weight is 343 g/mol. The van der Waals surface area contributed by atoms with E-state index in [-0.39, 0.29) is 24.2 Å². The fourth-order valence-electron chi connectivity index (χ4n) is 2.94. The predicted molar refractivity (Wildman–Crippen MR) is 94.4 cm³/mol. The van der Waals surface area contributed by atoms with Crippen LogP contribution in [-0.4, -0.2) is 32.9 Å². The highest BCUT2D eigenvalue weighted by atomic mass is 16.5. The summed E-state index contributed by atoms with van der Waals surface area (Å²) in [6.07, 6.45) is 1.70. The van der Waals surface area contributed by atoms with Crippen molar-refractivity contribution in [2.45, 2.75) is 58.3 Å². The van der Waals surface area contributed by atoms with Crippen molar-refractivity contribution in [1.29, 1.82) is 0 Å². The van der Waals surface area contributed by atoms with Crippen molar-refractivity contribution < 1.29 is 9.53 Å². The zero-order chi connectivity index (χ0) is 17.8. The van der Waals surface area contributed by atoms with Gasteiger partial charge in [0.25, 0.3) is 0 Å². The summed E-state index contributed by atoms with van der Waals surface area (Å²) in [7, 11) is 0. The number of rotatable bonds is 5. The lowest BCUT2D eigenvalue weighted by molar-refractivity contribution is 0.173. The van der Waals surface area contributed by atoms with Crippen LogP contribution in [0.4, 0.5) is 4.79 Å². The normalized spacial score (nSPS) is 18.8. The zero-order valence-corrected chi connectivity index (χ0v) is 14.9. The molecule has 0 fully saturated rings. The Bertz CT molecular complexity index is 716. The minimum absolute atomic E-state index is 0.104. The molecule has 3 rings (SSSR count). The molecule has 0 unspecified atom stereocenters. The van der Waals surface area contributed by atoms with Gasteiger partial charge in [0.05, 0.1) is 12.1 Å². The van der Waals surface area contributed by atoms with Crippen LogP contribution in [0.1, 0.15) is 44.4 Å². The molecular weight excluding hydrogens is 318 g/mol. The van der Waals surface area contributed by atoms with Crippen LogP contribution >= 0.6 is 0 Å². The molecule has 7 heteroatoms. The Hall–Kier alpha value is -2.57. The van der Waals surface area contributed by atoms with E-state index in [0.717, 1.165) is 36.8 Å².